The predicted molar refractivity (Wildman–Crippen MR) is 75.7 cm³/mol. The van der Waals surface area contributed by atoms with E-state index in [1.165, 1.54) is 12.1 Å². The maximum absolute atomic E-state index is 12.1. The van der Waals surface area contributed by atoms with E-state index in [4.69, 9.17) is 5.11 Å². The zero-order valence-corrected chi connectivity index (χ0v) is 10.9. The Labute approximate surface area is 121 Å². The van der Waals surface area contributed by atoms with Crippen molar-refractivity contribution in [3.05, 3.63) is 46.4 Å². The summed E-state index contributed by atoms with van der Waals surface area (Å²) in [5.41, 5.74) is 2.22. The average Bonchev–Trinajstić information content (AvgIpc) is 3.12. The Morgan fingerprint density at radius 2 is 1.95 bits per heavy atom. The quantitative estimate of drug-likeness (QED) is 0.498. The third kappa shape index (κ3) is 1.76. The van der Waals surface area contributed by atoms with Crippen LogP contribution in [0.25, 0.3) is 27.9 Å². The average molecular weight is 296 g/mol. The molecular formula is C13H8N6O3. The van der Waals surface area contributed by atoms with Crippen LogP contribution in [0.1, 0.15) is 10.5 Å². The summed E-state index contributed by atoms with van der Waals surface area (Å²) in [5.74, 6) is -1.16. The van der Waals surface area contributed by atoms with Crippen LogP contribution >= 0.6 is 0 Å². The molecule has 1 aromatic carbocycles. The molecular weight excluding hydrogens is 288 g/mol. The summed E-state index contributed by atoms with van der Waals surface area (Å²) in [7, 11) is 0. The highest BCUT2D eigenvalue weighted by Crippen LogP contribution is 2.20. The second-order valence-electron chi connectivity index (χ2n) is 4.68. The second kappa shape index (κ2) is 4.25. The van der Waals surface area contributed by atoms with Gasteiger partial charge in [-0.1, -0.05) is 6.07 Å². The molecule has 0 spiro atoms. The van der Waals surface area contributed by atoms with Gasteiger partial charge in [0, 0.05) is 17.7 Å². The molecule has 0 bridgehead atoms. The lowest BCUT2D eigenvalue weighted by Crippen LogP contribution is -2.14. The molecule has 0 atom stereocenters. The third-order valence-electron chi connectivity index (χ3n) is 3.29. The summed E-state index contributed by atoms with van der Waals surface area (Å²) in [6.07, 6.45) is 0. The summed E-state index contributed by atoms with van der Waals surface area (Å²) >= 11 is 0. The first-order valence-electron chi connectivity index (χ1n) is 6.29. The number of H-pyrrole nitrogens is 2. The van der Waals surface area contributed by atoms with Gasteiger partial charge in [-0.3, -0.25) is 9.89 Å². The number of carboxylic acids is 1. The first-order valence-corrected chi connectivity index (χ1v) is 6.29. The van der Waals surface area contributed by atoms with Crippen molar-refractivity contribution >= 4 is 22.6 Å². The van der Waals surface area contributed by atoms with Crippen LogP contribution in [0.4, 0.5) is 0 Å². The van der Waals surface area contributed by atoms with Crippen molar-refractivity contribution in [1.82, 2.24) is 30.0 Å². The molecule has 3 heterocycles. The van der Waals surface area contributed by atoms with Crippen molar-refractivity contribution < 1.29 is 9.90 Å². The number of carboxylic acid groups (broad SMARTS) is 1. The number of aromatic amines is 2. The Bertz CT molecular complexity index is 1090. The van der Waals surface area contributed by atoms with Gasteiger partial charge in [0.2, 0.25) is 0 Å². The van der Waals surface area contributed by atoms with Gasteiger partial charge in [-0.2, -0.15) is 15.4 Å². The number of carbonyl (C=O) groups is 1. The number of benzene rings is 1. The zero-order chi connectivity index (χ0) is 15.3. The maximum Gasteiger partial charge on any atom is 0.353 e. The molecule has 0 aliphatic carbocycles. The first-order chi connectivity index (χ1) is 10.6. The molecule has 4 aromatic rings. The molecule has 108 valence electrons. The molecule has 0 radical (unpaired) electrons. The Hall–Kier alpha value is -3.49. The van der Waals surface area contributed by atoms with Crippen molar-refractivity contribution in [2.24, 2.45) is 0 Å². The van der Waals surface area contributed by atoms with Gasteiger partial charge in [0.05, 0.1) is 5.69 Å². The Morgan fingerprint density at radius 3 is 2.77 bits per heavy atom. The van der Waals surface area contributed by atoms with Gasteiger partial charge in [0.1, 0.15) is 16.7 Å². The zero-order valence-electron chi connectivity index (χ0n) is 10.9. The van der Waals surface area contributed by atoms with Crippen LogP contribution in [0.5, 0.6) is 0 Å². The molecule has 0 saturated heterocycles. The summed E-state index contributed by atoms with van der Waals surface area (Å²) < 4.78 is 1.08. The van der Waals surface area contributed by atoms with E-state index >= 15 is 0 Å². The fourth-order valence-electron chi connectivity index (χ4n) is 2.25. The summed E-state index contributed by atoms with van der Waals surface area (Å²) in [6, 6.07) is 7.92. The number of hydrogen-bond donors (Lipinski definition) is 3. The molecule has 9 heteroatoms. The smallest absolute Gasteiger partial charge is 0.353 e. The van der Waals surface area contributed by atoms with Gasteiger partial charge in [0.15, 0.2) is 5.65 Å². The van der Waals surface area contributed by atoms with Crippen molar-refractivity contribution in [3.63, 3.8) is 0 Å². The molecule has 0 fully saturated rings. The van der Waals surface area contributed by atoms with Gasteiger partial charge < -0.3 is 5.11 Å². The molecule has 0 unspecified atom stereocenters. The first kappa shape index (κ1) is 12.3. The number of nitrogens with zero attached hydrogens (tertiary/aromatic N) is 4. The largest absolute Gasteiger partial charge is 0.477 e. The van der Waals surface area contributed by atoms with E-state index in [2.05, 4.69) is 25.5 Å². The molecule has 0 amide bonds. The topological polar surface area (TPSA) is 129 Å². The minimum atomic E-state index is -1.16. The maximum atomic E-state index is 12.1. The lowest BCUT2D eigenvalue weighted by Gasteiger charge is -2.00. The van der Waals surface area contributed by atoms with E-state index in [1.807, 2.05) is 0 Å². The van der Waals surface area contributed by atoms with Gasteiger partial charge in [0.25, 0.3) is 5.56 Å². The van der Waals surface area contributed by atoms with Crippen LogP contribution in [0.3, 0.4) is 0 Å². The van der Waals surface area contributed by atoms with E-state index < -0.39 is 11.5 Å². The predicted octanol–water partition coefficient (Wildman–Crippen LogP) is 0.659. The number of aromatic nitrogens is 6. The van der Waals surface area contributed by atoms with Crippen molar-refractivity contribution in [1.29, 1.82) is 0 Å². The Morgan fingerprint density at radius 1 is 1.14 bits per heavy atom. The fraction of sp³-hybridized carbons (Fsp3) is 0. The molecule has 22 heavy (non-hydrogen) atoms. The van der Waals surface area contributed by atoms with Crippen LogP contribution in [-0.4, -0.2) is 41.1 Å². The molecule has 9 nitrogen and oxygen atoms in total. The van der Waals surface area contributed by atoms with E-state index in [0.29, 0.717) is 22.3 Å². The van der Waals surface area contributed by atoms with E-state index in [1.54, 1.807) is 18.2 Å². The molecule has 0 aliphatic rings. The standard InChI is InChI=1S/C13H8N6O3/c20-12-5-8(6-1-2-7-9(3-6)16-18-15-7)14-11-4-10(13(21)22)17-19(11)12/h1-5,17H,(H,21,22)(H,15,16,18). The van der Waals surface area contributed by atoms with Crippen molar-refractivity contribution in [2.45, 2.75) is 0 Å². The van der Waals surface area contributed by atoms with Crippen LogP contribution in [-0.2, 0) is 0 Å². The van der Waals surface area contributed by atoms with Gasteiger partial charge in [-0.05, 0) is 12.1 Å². The molecule has 3 aromatic heterocycles. The highest BCUT2D eigenvalue weighted by atomic mass is 16.4. The monoisotopic (exact) mass is 296 g/mol. The normalized spacial score (nSPS) is 11.3. The van der Waals surface area contributed by atoms with Gasteiger partial charge >= 0.3 is 5.97 Å². The van der Waals surface area contributed by atoms with Crippen LogP contribution in [0.15, 0.2) is 35.1 Å². The molecule has 3 N–H and O–H groups in total. The third-order valence-corrected chi connectivity index (χ3v) is 3.29. The fourth-order valence-corrected chi connectivity index (χ4v) is 2.25. The Balaban J connectivity index is 1.94. The number of fused-ring (bicyclic) bond motifs is 2. The van der Waals surface area contributed by atoms with Gasteiger partial charge in [-0.25, -0.2) is 14.3 Å². The number of aromatic carboxylic acids is 1. The van der Waals surface area contributed by atoms with E-state index in [9.17, 15) is 9.59 Å². The van der Waals surface area contributed by atoms with Gasteiger partial charge in [-0.15, -0.1) is 0 Å². The number of rotatable bonds is 2. The molecule has 0 saturated carbocycles. The number of hydrogen-bond acceptors (Lipinski definition) is 5. The highest BCUT2D eigenvalue weighted by molar-refractivity contribution is 5.87. The minimum absolute atomic E-state index is 0.103. The van der Waals surface area contributed by atoms with Crippen LogP contribution in [0.2, 0.25) is 0 Å². The summed E-state index contributed by atoms with van der Waals surface area (Å²) in [6.45, 7) is 0. The Kier molecular flexibility index (Phi) is 2.37. The van der Waals surface area contributed by atoms with E-state index in [0.717, 1.165) is 4.52 Å². The SMILES string of the molecule is O=C(O)c1cc2nc(-c3ccc4n[nH]nc4c3)cc(=O)n2[nH]1. The summed E-state index contributed by atoms with van der Waals surface area (Å²) in [4.78, 5) is 27.4. The van der Waals surface area contributed by atoms with Crippen molar-refractivity contribution in [3.8, 4) is 11.3 Å². The molecule has 4 rings (SSSR count). The lowest BCUT2D eigenvalue weighted by atomic mass is 10.1. The second-order valence-corrected chi connectivity index (χ2v) is 4.68. The molecule has 0 aliphatic heterocycles. The number of nitrogens with one attached hydrogen (secondary N) is 2. The lowest BCUT2D eigenvalue weighted by molar-refractivity contribution is 0.0690. The highest BCUT2D eigenvalue weighted by Gasteiger charge is 2.12. The van der Waals surface area contributed by atoms with Crippen LogP contribution < -0.4 is 5.56 Å². The minimum Gasteiger partial charge on any atom is -0.477 e. The summed E-state index contributed by atoms with van der Waals surface area (Å²) in [5, 5.41) is 21.9. The van der Waals surface area contributed by atoms with E-state index in [-0.39, 0.29) is 11.3 Å². The van der Waals surface area contributed by atoms with Crippen molar-refractivity contribution in [2.75, 3.05) is 0 Å². The van der Waals surface area contributed by atoms with Crippen LogP contribution in [0, 0.1) is 0 Å².